The molecule has 0 fully saturated rings. The van der Waals surface area contributed by atoms with E-state index in [2.05, 4.69) is 10.4 Å². The van der Waals surface area contributed by atoms with Crippen molar-refractivity contribution in [2.45, 2.75) is 0 Å². The Bertz CT molecular complexity index is 900. The van der Waals surface area contributed by atoms with Crippen molar-refractivity contribution in [3.05, 3.63) is 60.4 Å². The van der Waals surface area contributed by atoms with Gasteiger partial charge in [0.2, 0.25) is 0 Å². The Labute approximate surface area is 137 Å². The van der Waals surface area contributed by atoms with E-state index in [1.807, 2.05) is 24.3 Å². The molecule has 0 atom stereocenters. The zero-order valence-corrected chi connectivity index (χ0v) is 12.5. The van der Waals surface area contributed by atoms with Crippen molar-refractivity contribution >= 4 is 18.0 Å². The van der Waals surface area contributed by atoms with E-state index in [-0.39, 0.29) is 17.1 Å². The van der Waals surface area contributed by atoms with Crippen LogP contribution < -0.4 is 11.1 Å². The molecule has 2 aromatic carbocycles. The van der Waals surface area contributed by atoms with E-state index >= 15 is 0 Å². The number of carbonyl (C=O) groups is 2. The molecule has 0 aliphatic rings. The van der Waals surface area contributed by atoms with Crippen LogP contribution in [-0.4, -0.2) is 27.2 Å². The molecule has 4 N–H and O–H groups in total. The number of benzene rings is 2. The quantitative estimate of drug-likeness (QED) is 0.641. The van der Waals surface area contributed by atoms with Crippen LogP contribution in [0.2, 0.25) is 0 Å². The highest BCUT2D eigenvalue weighted by Crippen LogP contribution is 2.24. The molecule has 2 amide bonds. The topological polar surface area (TPSA) is 110 Å². The van der Waals surface area contributed by atoms with Gasteiger partial charge in [0.1, 0.15) is 11.4 Å². The number of carbonyl (C=O) groups excluding carboxylic acids is 2. The van der Waals surface area contributed by atoms with Gasteiger partial charge in [-0.1, -0.05) is 24.3 Å². The van der Waals surface area contributed by atoms with Crippen molar-refractivity contribution in [3.8, 4) is 22.6 Å². The Hall–Kier alpha value is -3.61. The highest BCUT2D eigenvalue weighted by molar-refractivity contribution is 5.93. The second-order valence-electron chi connectivity index (χ2n) is 5.08. The fraction of sp³-hybridized carbons (Fsp3) is 0. The molecule has 0 aliphatic heterocycles. The number of primary amides is 1. The van der Waals surface area contributed by atoms with Crippen LogP contribution in [0.1, 0.15) is 10.5 Å². The monoisotopic (exact) mass is 322 g/mol. The summed E-state index contributed by atoms with van der Waals surface area (Å²) in [5.41, 5.74) is 7.97. The van der Waals surface area contributed by atoms with Crippen molar-refractivity contribution in [1.29, 1.82) is 0 Å². The number of urea groups is 1. The number of aldehydes is 1. The number of anilines is 1. The minimum absolute atomic E-state index is 0.0869. The number of hydrogen-bond acceptors (Lipinski definition) is 4. The van der Waals surface area contributed by atoms with Crippen LogP contribution in [0.3, 0.4) is 0 Å². The molecule has 3 aromatic rings. The third-order valence-corrected chi connectivity index (χ3v) is 3.42. The number of nitrogens with zero attached hydrogens (tertiary/aromatic N) is 2. The molecular formula is C17H14N4O3. The Balaban J connectivity index is 1.99. The zero-order chi connectivity index (χ0) is 17.1. The summed E-state index contributed by atoms with van der Waals surface area (Å²) >= 11 is 0. The third-order valence-electron chi connectivity index (χ3n) is 3.42. The van der Waals surface area contributed by atoms with Crippen molar-refractivity contribution in [1.82, 2.24) is 9.78 Å². The smallest absolute Gasteiger partial charge is 0.316 e. The number of nitrogens with two attached hydrogens (primary N) is 1. The van der Waals surface area contributed by atoms with E-state index in [0.717, 1.165) is 11.1 Å². The maximum Gasteiger partial charge on any atom is 0.316 e. The summed E-state index contributed by atoms with van der Waals surface area (Å²) < 4.78 is 1.49. The highest BCUT2D eigenvalue weighted by Gasteiger charge is 2.11. The van der Waals surface area contributed by atoms with Crippen LogP contribution in [0.15, 0.2) is 54.7 Å². The van der Waals surface area contributed by atoms with E-state index in [1.54, 1.807) is 24.3 Å². The molecule has 0 spiro atoms. The lowest BCUT2D eigenvalue weighted by atomic mass is 10.1. The van der Waals surface area contributed by atoms with Gasteiger partial charge in [-0.25, -0.2) is 9.48 Å². The summed E-state index contributed by atoms with van der Waals surface area (Å²) in [5.74, 6) is 0.194. The summed E-state index contributed by atoms with van der Waals surface area (Å²) in [4.78, 5) is 22.1. The van der Waals surface area contributed by atoms with Crippen LogP contribution >= 0.6 is 0 Å². The predicted octanol–water partition coefficient (Wildman–Crippen LogP) is 2.55. The standard InChI is InChI=1S/C17H14N4O3/c18-17(24)19-15-9-21(20-16(15)10-22)13-3-1-2-12(8-13)11-4-6-14(23)7-5-11/h1-10,23H,(H3,18,19,24). The lowest BCUT2D eigenvalue weighted by Crippen LogP contribution is -2.19. The molecule has 0 saturated carbocycles. The molecule has 7 nitrogen and oxygen atoms in total. The molecule has 1 aromatic heterocycles. The van der Waals surface area contributed by atoms with E-state index < -0.39 is 6.03 Å². The van der Waals surface area contributed by atoms with Crippen LogP contribution in [0, 0.1) is 0 Å². The fourth-order valence-electron chi connectivity index (χ4n) is 2.32. The number of phenolic OH excluding ortho intramolecular Hbond substituents is 1. The van der Waals surface area contributed by atoms with E-state index in [4.69, 9.17) is 5.73 Å². The molecule has 0 saturated heterocycles. The SMILES string of the molecule is NC(=O)Nc1cn(-c2cccc(-c3ccc(O)cc3)c2)nc1C=O. The molecule has 0 bridgehead atoms. The second kappa shape index (κ2) is 6.25. The normalized spacial score (nSPS) is 10.3. The second-order valence-corrected chi connectivity index (χ2v) is 5.08. The molecule has 0 unspecified atom stereocenters. The van der Waals surface area contributed by atoms with Crippen molar-refractivity contribution in [2.75, 3.05) is 5.32 Å². The number of rotatable bonds is 4. The summed E-state index contributed by atoms with van der Waals surface area (Å²) in [7, 11) is 0. The molecule has 1 heterocycles. The van der Waals surface area contributed by atoms with Crippen LogP contribution in [0.5, 0.6) is 5.75 Å². The zero-order valence-electron chi connectivity index (χ0n) is 12.5. The molecule has 0 aliphatic carbocycles. The maximum absolute atomic E-state index is 11.1. The number of phenols is 1. The first-order chi connectivity index (χ1) is 11.6. The van der Waals surface area contributed by atoms with Gasteiger partial charge in [-0.3, -0.25) is 4.79 Å². The number of hydrogen-bond donors (Lipinski definition) is 3. The molecule has 0 radical (unpaired) electrons. The first-order valence-corrected chi connectivity index (χ1v) is 7.08. The van der Waals surface area contributed by atoms with Crippen molar-refractivity contribution in [3.63, 3.8) is 0 Å². The number of aromatic hydroxyl groups is 1. The van der Waals surface area contributed by atoms with Crippen LogP contribution in [-0.2, 0) is 0 Å². The summed E-state index contributed by atoms with van der Waals surface area (Å²) in [6.07, 6.45) is 2.07. The lowest BCUT2D eigenvalue weighted by molar-refractivity contribution is 0.111. The number of amides is 2. The molecule has 3 rings (SSSR count). The minimum atomic E-state index is -0.768. The fourth-order valence-corrected chi connectivity index (χ4v) is 2.32. The van der Waals surface area contributed by atoms with Gasteiger partial charge in [0.05, 0.1) is 17.6 Å². The Morgan fingerprint density at radius 2 is 1.92 bits per heavy atom. The van der Waals surface area contributed by atoms with Gasteiger partial charge in [-0.2, -0.15) is 5.10 Å². The summed E-state index contributed by atoms with van der Waals surface area (Å²) in [5, 5.41) is 15.9. The van der Waals surface area contributed by atoms with Gasteiger partial charge >= 0.3 is 6.03 Å². The average molecular weight is 322 g/mol. The van der Waals surface area contributed by atoms with Gasteiger partial charge in [0.25, 0.3) is 0 Å². The first kappa shape index (κ1) is 15.3. The Morgan fingerprint density at radius 1 is 1.17 bits per heavy atom. The summed E-state index contributed by atoms with van der Waals surface area (Å²) in [6, 6.07) is 13.5. The third kappa shape index (κ3) is 3.09. The predicted molar refractivity (Wildman–Crippen MR) is 89.3 cm³/mol. The largest absolute Gasteiger partial charge is 0.508 e. The average Bonchev–Trinajstić information content (AvgIpc) is 2.98. The van der Waals surface area contributed by atoms with Gasteiger partial charge in [-0.15, -0.1) is 0 Å². The Morgan fingerprint density at radius 3 is 2.58 bits per heavy atom. The first-order valence-electron chi connectivity index (χ1n) is 7.08. The summed E-state index contributed by atoms with van der Waals surface area (Å²) in [6.45, 7) is 0. The Kier molecular flexibility index (Phi) is 3.98. The van der Waals surface area contributed by atoms with Gasteiger partial charge < -0.3 is 16.2 Å². The molecule has 120 valence electrons. The number of aromatic nitrogens is 2. The van der Waals surface area contributed by atoms with Gasteiger partial charge in [-0.05, 0) is 35.4 Å². The maximum atomic E-state index is 11.1. The van der Waals surface area contributed by atoms with E-state index in [1.165, 1.54) is 10.9 Å². The lowest BCUT2D eigenvalue weighted by Gasteiger charge is -2.06. The van der Waals surface area contributed by atoms with Crippen LogP contribution in [0.25, 0.3) is 16.8 Å². The van der Waals surface area contributed by atoms with Gasteiger partial charge in [0.15, 0.2) is 6.29 Å². The number of nitrogens with one attached hydrogen (secondary N) is 1. The van der Waals surface area contributed by atoms with E-state index in [0.29, 0.717) is 12.0 Å². The molecule has 24 heavy (non-hydrogen) atoms. The van der Waals surface area contributed by atoms with Crippen LogP contribution in [0.4, 0.5) is 10.5 Å². The minimum Gasteiger partial charge on any atom is -0.508 e. The van der Waals surface area contributed by atoms with E-state index in [9.17, 15) is 14.7 Å². The van der Waals surface area contributed by atoms with Crippen molar-refractivity contribution < 1.29 is 14.7 Å². The van der Waals surface area contributed by atoms with Crippen molar-refractivity contribution in [2.24, 2.45) is 5.73 Å². The molecule has 7 heteroatoms. The van der Waals surface area contributed by atoms with Gasteiger partial charge in [0, 0.05) is 0 Å². The highest BCUT2D eigenvalue weighted by atomic mass is 16.3. The molecular weight excluding hydrogens is 308 g/mol.